The van der Waals surface area contributed by atoms with Gasteiger partial charge in [-0.2, -0.15) is 0 Å². The number of nitrogens with one attached hydrogen (secondary N) is 3. The van der Waals surface area contributed by atoms with Crippen LogP contribution in [0.3, 0.4) is 0 Å². The van der Waals surface area contributed by atoms with Gasteiger partial charge in [0.25, 0.3) is 0 Å². The van der Waals surface area contributed by atoms with Gasteiger partial charge < -0.3 is 20.7 Å². The molecule has 0 heterocycles. The lowest BCUT2D eigenvalue weighted by Crippen LogP contribution is -2.44. The van der Waals surface area contributed by atoms with E-state index in [4.69, 9.17) is 4.74 Å². The molecule has 1 unspecified atom stereocenters. The summed E-state index contributed by atoms with van der Waals surface area (Å²) in [7, 11) is 3.36. The second-order valence-corrected chi connectivity index (χ2v) is 4.10. The monoisotopic (exact) mass is 386 g/mol. The lowest BCUT2D eigenvalue weighted by Gasteiger charge is -2.17. The Morgan fingerprint density at radius 1 is 1.32 bits per heavy atom. The fourth-order valence-corrected chi connectivity index (χ4v) is 1.37. The van der Waals surface area contributed by atoms with Crippen molar-refractivity contribution in [1.82, 2.24) is 16.0 Å². The van der Waals surface area contributed by atoms with Gasteiger partial charge in [-0.15, -0.1) is 24.0 Å². The number of rotatable bonds is 8. The van der Waals surface area contributed by atoms with E-state index < -0.39 is 0 Å². The molecule has 0 aliphatic rings. The van der Waals surface area contributed by atoms with Crippen LogP contribution >= 0.6 is 24.0 Å². The zero-order valence-corrected chi connectivity index (χ0v) is 14.6. The third-order valence-electron chi connectivity index (χ3n) is 2.24. The van der Waals surface area contributed by atoms with Crippen molar-refractivity contribution in [3.05, 3.63) is 0 Å². The summed E-state index contributed by atoms with van der Waals surface area (Å²) in [5.41, 5.74) is 0. The van der Waals surface area contributed by atoms with E-state index in [0.717, 1.165) is 13.0 Å². The van der Waals surface area contributed by atoms with Crippen molar-refractivity contribution in [2.24, 2.45) is 4.99 Å². The second kappa shape index (κ2) is 13.9. The fourth-order valence-electron chi connectivity index (χ4n) is 1.37. The zero-order valence-electron chi connectivity index (χ0n) is 12.3. The summed E-state index contributed by atoms with van der Waals surface area (Å²) in [6.07, 6.45) is 1.40. The first kappa shape index (κ1) is 20.7. The topological polar surface area (TPSA) is 74.8 Å². The Bertz CT molecular complexity index is 262. The van der Waals surface area contributed by atoms with Gasteiger partial charge in [0, 0.05) is 39.7 Å². The van der Waals surface area contributed by atoms with Crippen LogP contribution in [-0.4, -0.2) is 51.8 Å². The minimum Gasteiger partial charge on any atom is -0.383 e. The van der Waals surface area contributed by atoms with E-state index >= 15 is 0 Å². The molecular weight excluding hydrogens is 359 g/mol. The number of aliphatic imine (C=N–C) groups is 1. The molecular formula is C12H27IN4O2. The Morgan fingerprint density at radius 3 is 2.53 bits per heavy atom. The third kappa shape index (κ3) is 12.2. The van der Waals surface area contributed by atoms with Crippen molar-refractivity contribution in [3.8, 4) is 0 Å². The summed E-state index contributed by atoms with van der Waals surface area (Å²) in [4.78, 5) is 15.4. The average molecular weight is 386 g/mol. The minimum absolute atomic E-state index is 0. The van der Waals surface area contributed by atoms with Crippen molar-refractivity contribution in [1.29, 1.82) is 0 Å². The Morgan fingerprint density at radius 2 is 2.00 bits per heavy atom. The molecule has 0 bridgehead atoms. The first-order valence-electron chi connectivity index (χ1n) is 6.36. The average Bonchev–Trinajstić information content (AvgIpc) is 2.35. The molecule has 0 rings (SSSR count). The van der Waals surface area contributed by atoms with Gasteiger partial charge in [-0.25, -0.2) is 0 Å². The van der Waals surface area contributed by atoms with Crippen LogP contribution in [0, 0.1) is 0 Å². The Hall–Kier alpha value is -0.570. The highest BCUT2D eigenvalue weighted by Gasteiger charge is 2.05. The number of hydrogen-bond donors (Lipinski definition) is 3. The van der Waals surface area contributed by atoms with Crippen LogP contribution in [0.4, 0.5) is 0 Å². The summed E-state index contributed by atoms with van der Waals surface area (Å²) < 4.78 is 5.03. The minimum atomic E-state index is 0. The van der Waals surface area contributed by atoms with Crippen LogP contribution in [0.1, 0.15) is 26.7 Å². The Balaban J connectivity index is 0. The predicted octanol–water partition coefficient (Wildman–Crippen LogP) is 0.721. The van der Waals surface area contributed by atoms with Crippen molar-refractivity contribution < 1.29 is 9.53 Å². The number of ether oxygens (including phenoxy) is 1. The van der Waals surface area contributed by atoms with E-state index in [2.05, 4.69) is 20.9 Å². The van der Waals surface area contributed by atoms with Crippen molar-refractivity contribution in [3.63, 3.8) is 0 Å². The number of guanidine groups is 1. The number of amides is 1. The first-order chi connectivity index (χ1) is 8.63. The second-order valence-electron chi connectivity index (χ2n) is 4.10. The maximum atomic E-state index is 11.4. The van der Waals surface area contributed by atoms with Crippen LogP contribution in [0.25, 0.3) is 0 Å². The van der Waals surface area contributed by atoms with Crippen molar-refractivity contribution in [2.45, 2.75) is 32.7 Å². The van der Waals surface area contributed by atoms with Crippen LogP contribution in [-0.2, 0) is 9.53 Å². The third-order valence-corrected chi connectivity index (χ3v) is 2.24. The highest BCUT2D eigenvalue weighted by molar-refractivity contribution is 14.0. The van der Waals surface area contributed by atoms with E-state index in [1.165, 1.54) is 0 Å². The Kier molecular flexibility index (Phi) is 15.1. The zero-order chi connectivity index (χ0) is 13.8. The van der Waals surface area contributed by atoms with E-state index in [-0.39, 0.29) is 35.9 Å². The van der Waals surface area contributed by atoms with Crippen molar-refractivity contribution in [2.75, 3.05) is 33.9 Å². The quantitative estimate of drug-likeness (QED) is 0.327. The summed E-state index contributed by atoms with van der Waals surface area (Å²) in [5, 5.41) is 9.08. The van der Waals surface area contributed by atoms with Gasteiger partial charge in [-0.1, -0.05) is 6.92 Å². The normalized spacial score (nSPS) is 12.3. The highest BCUT2D eigenvalue weighted by Crippen LogP contribution is 1.84. The van der Waals surface area contributed by atoms with E-state index in [0.29, 0.717) is 25.5 Å². The molecule has 0 fully saturated rings. The maximum Gasteiger partial charge on any atom is 0.221 e. The van der Waals surface area contributed by atoms with Gasteiger partial charge in [0.1, 0.15) is 0 Å². The Labute approximate surface area is 133 Å². The van der Waals surface area contributed by atoms with Gasteiger partial charge >= 0.3 is 0 Å². The molecule has 1 atom stereocenters. The molecule has 0 spiro atoms. The molecule has 0 aliphatic carbocycles. The van der Waals surface area contributed by atoms with Gasteiger partial charge in [0.2, 0.25) is 5.91 Å². The largest absolute Gasteiger partial charge is 0.383 e. The number of hydrogen-bond acceptors (Lipinski definition) is 3. The van der Waals surface area contributed by atoms with Gasteiger partial charge in [-0.05, 0) is 13.3 Å². The molecule has 0 radical (unpaired) electrons. The molecule has 19 heavy (non-hydrogen) atoms. The number of carbonyl (C=O) groups is 1. The van der Waals surface area contributed by atoms with Gasteiger partial charge in [0.15, 0.2) is 5.96 Å². The SMILES string of the molecule is CCCNC(=O)CCNC(=NC)NC(C)COC.I. The molecule has 1 amide bonds. The highest BCUT2D eigenvalue weighted by atomic mass is 127. The molecule has 0 saturated heterocycles. The summed E-state index contributed by atoms with van der Waals surface area (Å²) in [6, 6.07) is 0.176. The lowest BCUT2D eigenvalue weighted by atomic mass is 10.3. The molecule has 0 aliphatic heterocycles. The van der Waals surface area contributed by atoms with Gasteiger partial charge in [0.05, 0.1) is 6.61 Å². The lowest BCUT2D eigenvalue weighted by molar-refractivity contribution is -0.120. The predicted molar refractivity (Wildman–Crippen MR) is 89.2 cm³/mol. The van der Waals surface area contributed by atoms with E-state index in [1.54, 1.807) is 14.2 Å². The molecule has 0 aromatic heterocycles. The number of methoxy groups -OCH3 is 1. The van der Waals surface area contributed by atoms with E-state index in [1.807, 2.05) is 13.8 Å². The van der Waals surface area contributed by atoms with Crippen LogP contribution in [0.5, 0.6) is 0 Å². The van der Waals surface area contributed by atoms with Crippen LogP contribution in [0.2, 0.25) is 0 Å². The summed E-state index contributed by atoms with van der Waals surface area (Å²) in [6.45, 7) is 5.94. The molecule has 6 nitrogen and oxygen atoms in total. The maximum absolute atomic E-state index is 11.4. The smallest absolute Gasteiger partial charge is 0.221 e. The fraction of sp³-hybridized carbons (Fsp3) is 0.833. The number of carbonyl (C=O) groups excluding carboxylic acids is 1. The summed E-state index contributed by atoms with van der Waals surface area (Å²) in [5.74, 6) is 0.743. The molecule has 3 N–H and O–H groups in total. The van der Waals surface area contributed by atoms with E-state index in [9.17, 15) is 4.79 Å². The molecule has 0 saturated carbocycles. The number of halogens is 1. The molecule has 0 aromatic rings. The van der Waals surface area contributed by atoms with Crippen LogP contribution < -0.4 is 16.0 Å². The standard InChI is InChI=1S/C12H26N4O2.HI/c1-5-7-14-11(17)6-8-15-12(13-3)16-10(2)9-18-4;/h10H,5-9H2,1-4H3,(H,14,17)(H2,13,15,16);1H. The van der Waals surface area contributed by atoms with Gasteiger partial charge in [-0.3, -0.25) is 9.79 Å². The molecule has 0 aromatic carbocycles. The van der Waals surface area contributed by atoms with Crippen molar-refractivity contribution >= 4 is 35.8 Å². The first-order valence-corrected chi connectivity index (χ1v) is 6.36. The number of nitrogens with zero attached hydrogens (tertiary/aromatic N) is 1. The van der Waals surface area contributed by atoms with Crippen LogP contribution in [0.15, 0.2) is 4.99 Å². The molecule has 114 valence electrons. The molecule has 7 heteroatoms. The summed E-state index contributed by atoms with van der Waals surface area (Å²) >= 11 is 0.